The first-order valence-electron chi connectivity index (χ1n) is 3.72. The van der Waals surface area contributed by atoms with Gasteiger partial charge in [-0.25, -0.2) is 4.39 Å². The molecule has 0 saturated heterocycles. The normalized spacial score (nSPS) is 32.5. The van der Waals surface area contributed by atoms with Crippen molar-refractivity contribution in [1.82, 2.24) is 0 Å². The van der Waals surface area contributed by atoms with Crippen LogP contribution in [0.4, 0.5) is 4.39 Å². The van der Waals surface area contributed by atoms with E-state index in [2.05, 4.69) is 0 Å². The highest BCUT2D eigenvalue weighted by Gasteiger charge is 2.31. The molecule has 0 aromatic heterocycles. The minimum Gasteiger partial charge on any atom is -0.480 e. The van der Waals surface area contributed by atoms with E-state index in [0.717, 1.165) is 0 Å². The standard InChI is InChI=1S/C7H12FNO2/c8-5-1-4(2-5)3-6(9)7(10)11/h4-6H,1-3,9H2,(H,10,11)/t4?,5?,6-/m0/s1. The van der Waals surface area contributed by atoms with E-state index in [1.807, 2.05) is 0 Å². The van der Waals surface area contributed by atoms with Crippen molar-refractivity contribution in [1.29, 1.82) is 0 Å². The number of carboxylic acid groups (broad SMARTS) is 1. The Morgan fingerprint density at radius 2 is 2.27 bits per heavy atom. The van der Waals surface area contributed by atoms with Gasteiger partial charge in [-0.2, -0.15) is 0 Å². The summed E-state index contributed by atoms with van der Waals surface area (Å²) in [6, 6.07) is -0.813. The fourth-order valence-electron chi connectivity index (χ4n) is 1.31. The highest BCUT2D eigenvalue weighted by Crippen LogP contribution is 2.33. The summed E-state index contributed by atoms with van der Waals surface area (Å²) in [6.07, 6.45) is 0.665. The molecule has 11 heavy (non-hydrogen) atoms. The number of carbonyl (C=O) groups is 1. The fraction of sp³-hybridized carbons (Fsp3) is 0.857. The molecule has 0 amide bonds. The van der Waals surface area contributed by atoms with E-state index in [1.165, 1.54) is 0 Å². The van der Waals surface area contributed by atoms with Gasteiger partial charge in [-0.05, 0) is 25.2 Å². The van der Waals surface area contributed by atoms with Crippen molar-refractivity contribution in [3.05, 3.63) is 0 Å². The second-order valence-corrected chi connectivity index (χ2v) is 3.12. The predicted molar refractivity (Wildman–Crippen MR) is 37.8 cm³/mol. The van der Waals surface area contributed by atoms with Crippen LogP contribution < -0.4 is 5.73 Å². The Bertz CT molecular complexity index is 157. The van der Waals surface area contributed by atoms with Crippen LogP contribution in [0.2, 0.25) is 0 Å². The Kier molecular flexibility index (Phi) is 2.44. The van der Waals surface area contributed by atoms with Gasteiger partial charge in [0.05, 0.1) is 0 Å². The van der Waals surface area contributed by atoms with E-state index >= 15 is 0 Å². The molecule has 1 fully saturated rings. The van der Waals surface area contributed by atoms with E-state index in [-0.39, 0.29) is 5.92 Å². The molecule has 1 aliphatic rings. The van der Waals surface area contributed by atoms with Crippen LogP contribution in [0.25, 0.3) is 0 Å². The smallest absolute Gasteiger partial charge is 0.320 e. The van der Waals surface area contributed by atoms with Crippen molar-refractivity contribution < 1.29 is 14.3 Å². The monoisotopic (exact) mass is 161 g/mol. The zero-order valence-corrected chi connectivity index (χ0v) is 6.16. The average Bonchev–Trinajstić information content (AvgIpc) is 1.84. The van der Waals surface area contributed by atoms with Crippen LogP contribution in [-0.4, -0.2) is 23.3 Å². The summed E-state index contributed by atoms with van der Waals surface area (Å²) in [7, 11) is 0. The maximum atomic E-state index is 12.2. The third kappa shape index (κ3) is 2.15. The molecular formula is C7H12FNO2. The lowest BCUT2D eigenvalue weighted by molar-refractivity contribution is -0.139. The van der Waals surface area contributed by atoms with E-state index in [9.17, 15) is 9.18 Å². The fourth-order valence-corrected chi connectivity index (χ4v) is 1.31. The first-order valence-corrected chi connectivity index (χ1v) is 3.72. The highest BCUT2D eigenvalue weighted by molar-refractivity contribution is 5.73. The van der Waals surface area contributed by atoms with Crippen molar-refractivity contribution >= 4 is 5.97 Å². The summed E-state index contributed by atoms with van der Waals surface area (Å²) in [5.74, 6) is -0.802. The maximum absolute atomic E-state index is 12.2. The number of rotatable bonds is 3. The molecule has 3 nitrogen and oxygen atoms in total. The Labute approximate surface area is 64.4 Å². The van der Waals surface area contributed by atoms with Gasteiger partial charge in [0, 0.05) is 0 Å². The number of aliphatic carboxylic acids is 1. The summed E-state index contributed by atoms with van der Waals surface area (Å²) in [4.78, 5) is 10.2. The number of carboxylic acids is 1. The SMILES string of the molecule is N[C@@H](CC1CC(F)C1)C(=O)O. The van der Waals surface area contributed by atoms with Gasteiger partial charge < -0.3 is 10.8 Å². The Morgan fingerprint density at radius 1 is 1.73 bits per heavy atom. The molecule has 0 aliphatic heterocycles. The second kappa shape index (κ2) is 3.17. The molecule has 0 spiro atoms. The molecule has 0 radical (unpaired) electrons. The number of halogens is 1. The lowest BCUT2D eigenvalue weighted by Gasteiger charge is -2.30. The molecule has 0 bridgehead atoms. The molecule has 1 atom stereocenters. The van der Waals surface area contributed by atoms with Crippen LogP contribution in [-0.2, 0) is 4.79 Å². The summed E-state index contributed by atoms with van der Waals surface area (Å²) in [5, 5.41) is 8.40. The summed E-state index contributed by atoms with van der Waals surface area (Å²) in [6.45, 7) is 0. The first kappa shape index (κ1) is 8.46. The number of alkyl halides is 1. The zero-order valence-electron chi connectivity index (χ0n) is 6.16. The van der Waals surface area contributed by atoms with Gasteiger partial charge in [-0.1, -0.05) is 0 Å². The van der Waals surface area contributed by atoms with Crippen molar-refractivity contribution in [2.75, 3.05) is 0 Å². The molecule has 4 heteroatoms. The third-order valence-electron chi connectivity index (χ3n) is 2.08. The lowest BCUT2D eigenvalue weighted by Crippen LogP contribution is -2.36. The van der Waals surface area contributed by atoms with Crippen LogP contribution in [0.1, 0.15) is 19.3 Å². The molecule has 0 aromatic carbocycles. The van der Waals surface area contributed by atoms with Crippen LogP contribution in [0.15, 0.2) is 0 Å². The topological polar surface area (TPSA) is 63.3 Å². The van der Waals surface area contributed by atoms with Gasteiger partial charge in [-0.15, -0.1) is 0 Å². The number of hydrogen-bond donors (Lipinski definition) is 2. The van der Waals surface area contributed by atoms with Crippen LogP contribution >= 0.6 is 0 Å². The van der Waals surface area contributed by atoms with Crippen molar-refractivity contribution in [2.45, 2.75) is 31.5 Å². The van der Waals surface area contributed by atoms with E-state index in [4.69, 9.17) is 10.8 Å². The van der Waals surface area contributed by atoms with Gasteiger partial charge in [0.15, 0.2) is 0 Å². The van der Waals surface area contributed by atoms with E-state index < -0.39 is 18.2 Å². The molecular weight excluding hydrogens is 149 g/mol. The van der Waals surface area contributed by atoms with Gasteiger partial charge in [0.1, 0.15) is 12.2 Å². The van der Waals surface area contributed by atoms with Crippen molar-refractivity contribution in [3.8, 4) is 0 Å². The molecule has 3 N–H and O–H groups in total. The molecule has 0 heterocycles. The van der Waals surface area contributed by atoms with Crippen LogP contribution in [0.3, 0.4) is 0 Å². The van der Waals surface area contributed by atoms with Crippen molar-refractivity contribution in [3.63, 3.8) is 0 Å². The first-order chi connectivity index (χ1) is 5.09. The van der Waals surface area contributed by atoms with E-state index in [1.54, 1.807) is 0 Å². The largest absolute Gasteiger partial charge is 0.480 e. The van der Waals surface area contributed by atoms with Gasteiger partial charge in [-0.3, -0.25) is 4.79 Å². The molecule has 64 valence electrons. The summed E-state index contributed by atoms with van der Waals surface area (Å²) in [5.41, 5.74) is 5.25. The van der Waals surface area contributed by atoms with Gasteiger partial charge >= 0.3 is 5.97 Å². The van der Waals surface area contributed by atoms with Gasteiger partial charge in [0.25, 0.3) is 0 Å². The minimum absolute atomic E-state index is 0.191. The molecule has 1 aliphatic carbocycles. The molecule has 1 rings (SSSR count). The highest BCUT2D eigenvalue weighted by atomic mass is 19.1. The quantitative estimate of drug-likeness (QED) is 0.634. The van der Waals surface area contributed by atoms with Gasteiger partial charge in [0.2, 0.25) is 0 Å². The Balaban J connectivity index is 2.16. The van der Waals surface area contributed by atoms with Crippen LogP contribution in [0.5, 0.6) is 0 Å². The summed E-state index contributed by atoms with van der Waals surface area (Å²) >= 11 is 0. The Morgan fingerprint density at radius 3 is 2.64 bits per heavy atom. The lowest BCUT2D eigenvalue weighted by atomic mass is 9.79. The second-order valence-electron chi connectivity index (χ2n) is 3.12. The third-order valence-corrected chi connectivity index (χ3v) is 2.08. The Hall–Kier alpha value is -0.640. The number of hydrogen-bond acceptors (Lipinski definition) is 2. The molecule has 0 aromatic rings. The zero-order chi connectivity index (χ0) is 8.43. The minimum atomic E-state index is -0.993. The van der Waals surface area contributed by atoms with E-state index in [0.29, 0.717) is 19.3 Å². The molecule has 0 unspecified atom stereocenters. The predicted octanol–water partition coefficient (Wildman–Crippen LogP) is 0.536. The van der Waals surface area contributed by atoms with Crippen molar-refractivity contribution in [2.24, 2.45) is 11.7 Å². The molecule has 1 saturated carbocycles. The number of nitrogens with two attached hydrogens (primary N) is 1. The van der Waals surface area contributed by atoms with Crippen LogP contribution in [0, 0.1) is 5.92 Å². The summed E-state index contributed by atoms with van der Waals surface area (Å²) < 4.78 is 12.2. The maximum Gasteiger partial charge on any atom is 0.320 e. The average molecular weight is 161 g/mol.